The molecule has 0 radical (unpaired) electrons. The standard InChI is InChI=1S/C17H21ClN2/c1-13-15(10-6-11-16(13)18)17(20-19)12-5-9-14-7-3-2-4-8-14/h2-4,6-8,10-11,17,20H,5,9,12,19H2,1H3. The van der Waals surface area contributed by atoms with Crippen molar-refractivity contribution in [1.82, 2.24) is 5.43 Å². The van der Waals surface area contributed by atoms with E-state index in [0.29, 0.717) is 0 Å². The van der Waals surface area contributed by atoms with Crippen LogP contribution in [0.25, 0.3) is 0 Å². The van der Waals surface area contributed by atoms with Gasteiger partial charge >= 0.3 is 0 Å². The Bertz CT molecular complexity index is 540. The number of nitrogens with two attached hydrogens (primary N) is 1. The smallest absolute Gasteiger partial charge is 0.0463 e. The number of rotatable bonds is 6. The second kappa shape index (κ2) is 7.44. The largest absolute Gasteiger partial charge is 0.271 e. The van der Waals surface area contributed by atoms with Crippen molar-refractivity contribution in [2.45, 2.75) is 32.2 Å². The van der Waals surface area contributed by atoms with Crippen LogP contribution in [0.2, 0.25) is 5.02 Å². The molecule has 0 saturated carbocycles. The molecule has 0 saturated heterocycles. The molecule has 1 atom stereocenters. The van der Waals surface area contributed by atoms with Gasteiger partial charge in [0.2, 0.25) is 0 Å². The van der Waals surface area contributed by atoms with Crippen LogP contribution in [0.1, 0.15) is 35.6 Å². The van der Waals surface area contributed by atoms with Crippen LogP contribution >= 0.6 is 11.6 Å². The molecule has 0 aliphatic heterocycles. The first-order chi connectivity index (χ1) is 9.72. The van der Waals surface area contributed by atoms with Crippen LogP contribution in [0.15, 0.2) is 48.5 Å². The van der Waals surface area contributed by atoms with Gasteiger partial charge in [-0.25, -0.2) is 0 Å². The molecule has 0 aromatic heterocycles. The van der Waals surface area contributed by atoms with E-state index in [1.54, 1.807) is 0 Å². The predicted octanol–water partition coefficient (Wildman–Crippen LogP) is 4.18. The fourth-order valence-electron chi connectivity index (χ4n) is 2.49. The fourth-order valence-corrected chi connectivity index (χ4v) is 2.67. The topological polar surface area (TPSA) is 38.0 Å². The Balaban J connectivity index is 1.97. The summed E-state index contributed by atoms with van der Waals surface area (Å²) in [5.74, 6) is 5.71. The van der Waals surface area contributed by atoms with Crippen LogP contribution < -0.4 is 11.3 Å². The molecule has 20 heavy (non-hydrogen) atoms. The lowest BCUT2D eigenvalue weighted by molar-refractivity contribution is 0.496. The normalized spacial score (nSPS) is 12.3. The molecule has 0 heterocycles. The van der Waals surface area contributed by atoms with E-state index in [4.69, 9.17) is 17.4 Å². The summed E-state index contributed by atoms with van der Waals surface area (Å²) in [7, 11) is 0. The molecule has 0 aliphatic rings. The lowest BCUT2D eigenvalue weighted by Crippen LogP contribution is -2.28. The van der Waals surface area contributed by atoms with Crippen LogP contribution in [0.4, 0.5) is 0 Å². The minimum atomic E-state index is 0.150. The van der Waals surface area contributed by atoms with Crippen molar-refractivity contribution in [1.29, 1.82) is 0 Å². The molecule has 3 N–H and O–H groups in total. The van der Waals surface area contributed by atoms with Gasteiger partial charge in [0.1, 0.15) is 0 Å². The average molecular weight is 289 g/mol. The van der Waals surface area contributed by atoms with Crippen LogP contribution in [0.5, 0.6) is 0 Å². The summed E-state index contributed by atoms with van der Waals surface area (Å²) in [6, 6.07) is 16.7. The highest BCUT2D eigenvalue weighted by molar-refractivity contribution is 6.31. The first-order valence-corrected chi connectivity index (χ1v) is 7.35. The zero-order chi connectivity index (χ0) is 14.4. The van der Waals surface area contributed by atoms with Gasteiger partial charge < -0.3 is 0 Å². The molecule has 3 heteroatoms. The maximum Gasteiger partial charge on any atom is 0.0463 e. The number of hydrogen-bond acceptors (Lipinski definition) is 2. The predicted molar refractivity (Wildman–Crippen MR) is 85.6 cm³/mol. The summed E-state index contributed by atoms with van der Waals surface area (Å²) in [5, 5.41) is 0.797. The van der Waals surface area contributed by atoms with Crippen molar-refractivity contribution < 1.29 is 0 Å². The minimum absolute atomic E-state index is 0.150. The molecule has 0 amide bonds. The lowest BCUT2D eigenvalue weighted by atomic mass is 9.96. The summed E-state index contributed by atoms with van der Waals surface area (Å²) in [6.45, 7) is 2.04. The van der Waals surface area contributed by atoms with Crippen molar-refractivity contribution >= 4 is 11.6 Å². The van der Waals surface area contributed by atoms with E-state index in [9.17, 15) is 0 Å². The molecule has 106 valence electrons. The van der Waals surface area contributed by atoms with Crippen LogP contribution in [-0.2, 0) is 6.42 Å². The first kappa shape index (κ1) is 15.0. The van der Waals surface area contributed by atoms with Gasteiger partial charge in [0.25, 0.3) is 0 Å². The maximum absolute atomic E-state index is 6.18. The fraction of sp³-hybridized carbons (Fsp3) is 0.294. The van der Waals surface area contributed by atoms with Gasteiger partial charge in [0, 0.05) is 11.1 Å². The Morgan fingerprint density at radius 2 is 1.85 bits per heavy atom. The van der Waals surface area contributed by atoms with E-state index >= 15 is 0 Å². The molecular formula is C17H21ClN2. The van der Waals surface area contributed by atoms with E-state index in [2.05, 4.69) is 35.8 Å². The van der Waals surface area contributed by atoms with E-state index in [1.807, 2.05) is 25.1 Å². The lowest BCUT2D eigenvalue weighted by Gasteiger charge is -2.19. The number of hydrazine groups is 1. The summed E-state index contributed by atoms with van der Waals surface area (Å²) in [4.78, 5) is 0. The van der Waals surface area contributed by atoms with Crippen molar-refractivity contribution in [2.24, 2.45) is 5.84 Å². The van der Waals surface area contributed by atoms with Gasteiger partial charge in [-0.3, -0.25) is 11.3 Å². The number of nitrogens with one attached hydrogen (secondary N) is 1. The highest BCUT2D eigenvalue weighted by Gasteiger charge is 2.13. The Hall–Kier alpha value is -1.35. The first-order valence-electron chi connectivity index (χ1n) is 6.97. The molecule has 2 aromatic rings. The van der Waals surface area contributed by atoms with Crippen molar-refractivity contribution in [2.75, 3.05) is 0 Å². The number of halogens is 1. The molecular weight excluding hydrogens is 268 g/mol. The van der Waals surface area contributed by atoms with Gasteiger partial charge in [-0.2, -0.15) is 0 Å². The number of hydrogen-bond donors (Lipinski definition) is 2. The van der Waals surface area contributed by atoms with Crippen molar-refractivity contribution in [3.05, 3.63) is 70.2 Å². The van der Waals surface area contributed by atoms with E-state index in [0.717, 1.165) is 29.8 Å². The van der Waals surface area contributed by atoms with E-state index < -0.39 is 0 Å². The Morgan fingerprint density at radius 1 is 1.10 bits per heavy atom. The molecule has 0 bridgehead atoms. The SMILES string of the molecule is Cc1c(Cl)cccc1C(CCCc1ccccc1)NN. The monoisotopic (exact) mass is 288 g/mol. The highest BCUT2D eigenvalue weighted by Crippen LogP contribution is 2.26. The van der Waals surface area contributed by atoms with Crippen molar-refractivity contribution in [3.63, 3.8) is 0 Å². The molecule has 2 rings (SSSR count). The third-order valence-electron chi connectivity index (χ3n) is 3.69. The summed E-state index contributed by atoms with van der Waals surface area (Å²) in [5.41, 5.74) is 6.58. The molecule has 0 spiro atoms. The van der Waals surface area contributed by atoms with Crippen LogP contribution in [-0.4, -0.2) is 0 Å². The zero-order valence-electron chi connectivity index (χ0n) is 11.8. The Labute approximate surface area is 125 Å². The third-order valence-corrected chi connectivity index (χ3v) is 4.10. The summed E-state index contributed by atoms with van der Waals surface area (Å²) in [6.07, 6.45) is 3.15. The highest BCUT2D eigenvalue weighted by atomic mass is 35.5. The summed E-state index contributed by atoms with van der Waals surface area (Å²) >= 11 is 6.18. The average Bonchev–Trinajstić information content (AvgIpc) is 2.48. The second-order valence-corrected chi connectivity index (χ2v) is 5.46. The van der Waals surface area contributed by atoms with Gasteiger partial charge in [-0.15, -0.1) is 0 Å². The van der Waals surface area contributed by atoms with Crippen molar-refractivity contribution in [3.8, 4) is 0 Å². The van der Waals surface area contributed by atoms with E-state index in [-0.39, 0.29) is 6.04 Å². The Kier molecular flexibility index (Phi) is 5.60. The van der Waals surface area contributed by atoms with Gasteiger partial charge in [0.05, 0.1) is 0 Å². The van der Waals surface area contributed by atoms with E-state index in [1.165, 1.54) is 11.1 Å². The summed E-state index contributed by atoms with van der Waals surface area (Å²) < 4.78 is 0. The minimum Gasteiger partial charge on any atom is -0.271 e. The molecule has 2 nitrogen and oxygen atoms in total. The molecule has 0 fully saturated rings. The van der Waals surface area contributed by atoms with Crippen LogP contribution in [0, 0.1) is 6.92 Å². The number of aryl methyl sites for hydroxylation is 1. The number of benzene rings is 2. The van der Waals surface area contributed by atoms with Gasteiger partial charge in [-0.05, 0) is 48.9 Å². The molecule has 2 aromatic carbocycles. The molecule has 0 aliphatic carbocycles. The molecule has 1 unspecified atom stereocenters. The Morgan fingerprint density at radius 3 is 2.55 bits per heavy atom. The van der Waals surface area contributed by atoms with Crippen LogP contribution in [0.3, 0.4) is 0 Å². The third kappa shape index (κ3) is 3.83. The zero-order valence-corrected chi connectivity index (χ0v) is 12.5. The van der Waals surface area contributed by atoms with Gasteiger partial charge in [0.15, 0.2) is 0 Å². The maximum atomic E-state index is 6.18. The quantitative estimate of drug-likeness (QED) is 0.618. The van der Waals surface area contributed by atoms with Gasteiger partial charge in [-0.1, -0.05) is 54.1 Å². The second-order valence-electron chi connectivity index (χ2n) is 5.05.